The van der Waals surface area contributed by atoms with Gasteiger partial charge in [0.25, 0.3) is 0 Å². The Kier molecular flexibility index (Phi) is 27.0. The van der Waals surface area contributed by atoms with Gasteiger partial charge in [-0.1, -0.05) is 148 Å². The molecule has 0 aromatic rings. The number of carbonyl (C=O) groups excluding carboxylic acids is 1. The van der Waals surface area contributed by atoms with Crippen molar-refractivity contribution in [2.24, 2.45) is 0 Å². The molecule has 1 fully saturated rings. The molecule has 0 aromatic heterocycles. The van der Waals surface area contributed by atoms with E-state index in [0.717, 1.165) is 38.5 Å². The SMILES string of the molecule is CCCCCCCCCCCC/C=C/[C@@H](O)[C@H](CO[C@@H]1O[C@H](CO)[C@H](O)[C@H](O)[C@H]1O)NC(=O)CCCCCCCCCCCCC. The Labute approximate surface area is 280 Å². The van der Waals surface area contributed by atoms with Crippen molar-refractivity contribution in [1.29, 1.82) is 0 Å². The van der Waals surface area contributed by atoms with Crippen molar-refractivity contribution in [1.82, 2.24) is 5.32 Å². The predicted octanol–water partition coefficient (Wildman–Crippen LogP) is 6.22. The molecule has 9 nitrogen and oxygen atoms in total. The van der Waals surface area contributed by atoms with Crippen molar-refractivity contribution in [2.75, 3.05) is 13.2 Å². The molecule has 1 amide bonds. The van der Waals surface area contributed by atoms with Crippen LogP contribution in [-0.4, -0.2) is 87.5 Å². The van der Waals surface area contributed by atoms with Crippen molar-refractivity contribution in [2.45, 2.75) is 204 Å². The van der Waals surface area contributed by atoms with Crippen LogP contribution in [0.25, 0.3) is 0 Å². The van der Waals surface area contributed by atoms with Crippen LogP contribution in [0, 0.1) is 0 Å². The maximum Gasteiger partial charge on any atom is 0.220 e. The number of aliphatic hydroxyl groups is 5. The Morgan fingerprint density at radius 2 is 1.20 bits per heavy atom. The molecular formula is C37H71NO8. The Bertz CT molecular complexity index is 736. The van der Waals surface area contributed by atoms with E-state index >= 15 is 0 Å². The maximum absolute atomic E-state index is 12.8. The summed E-state index contributed by atoms with van der Waals surface area (Å²) in [6.07, 6.45) is 22.5. The number of allylic oxidation sites excluding steroid dienone is 1. The molecule has 0 bridgehead atoms. The minimum absolute atomic E-state index is 0.180. The first-order chi connectivity index (χ1) is 22.3. The van der Waals surface area contributed by atoms with Gasteiger partial charge in [-0.2, -0.15) is 0 Å². The van der Waals surface area contributed by atoms with Crippen LogP contribution in [0.4, 0.5) is 0 Å². The van der Waals surface area contributed by atoms with E-state index in [1.807, 2.05) is 6.08 Å². The fourth-order valence-corrected chi connectivity index (χ4v) is 5.98. The van der Waals surface area contributed by atoms with E-state index in [2.05, 4.69) is 19.2 Å². The van der Waals surface area contributed by atoms with Crippen LogP contribution >= 0.6 is 0 Å². The largest absolute Gasteiger partial charge is 0.394 e. The molecule has 6 N–H and O–H groups in total. The molecule has 272 valence electrons. The van der Waals surface area contributed by atoms with Crippen LogP contribution < -0.4 is 5.32 Å². The van der Waals surface area contributed by atoms with Gasteiger partial charge in [0.05, 0.1) is 25.4 Å². The van der Waals surface area contributed by atoms with Gasteiger partial charge >= 0.3 is 0 Å². The van der Waals surface area contributed by atoms with E-state index in [0.29, 0.717) is 6.42 Å². The van der Waals surface area contributed by atoms with Crippen LogP contribution in [-0.2, 0) is 14.3 Å². The van der Waals surface area contributed by atoms with Crippen LogP contribution in [0.2, 0.25) is 0 Å². The lowest BCUT2D eigenvalue weighted by molar-refractivity contribution is -0.302. The zero-order valence-electron chi connectivity index (χ0n) is 29.3. The third-order valence-electron chi connectivity index (χ3n) is 9.11. The average Bonchev–Trinajstić information content (AvgIpc) is 3.05. The highest BCUT2D eigenvalue weighted by molar-refractivity contribution is 5.76. The lowest BCUT2D eigenvalue weighted by atomic mass is 9.99. The van der Waals surface area contributed by atoms with Gasteiger partial charge in [0, 0.05) is 6.42 Å². The van der Waals surface area contributed by atoms with E-state index in [1.54, 1.807) is 6.08 Å². The van der Waals surface area contributed by atoms with Crippen molar-refractivity contribution in [3.05, 3.63) is 12.2 Å². The minimum atomic E-state index is -1.56. The van der Waals surface area contributed by atoms with Crippen LogP contribution in [0.1, 0.15) is 162 Å². The fourth-order valence-electron chi connectivity index (χ4n) is 5.98. The number of amides is 1. The van der Waals surface area contributed by atoms with Gasteiger partial charge in [0.15, 0.2) is 6.29 Å². The molecule has 0 aliphatic carbocycles. The zero-order valence-corrected chi connectivity index (χ0v) is 29.3. The van der Waals surface area contributed by atoms with Gasteiger partial charge < -0.3 is 40.3 Å². The second-order valence-corrected chi connectivity index (χ2v) is 13.4. The summed E-state index contributed by atoms with van der Waals surface area (Å²) in [7, 11) is 0. The van der Waals surface area contributed by atoms with Crippen molar-refractivity contribution < 1.29 is 39.8 Å². The quantitative estimate of drug-likeness (QED) is 0.0394. The predicted molar refractivity (Wildman–Crippen MR) is 184 cm³/mol. The highest BCUT2D eigenvalue weighted by Gasteiger charge is 2.44. The maximum atomic E-state index is 12.8. The van der Waals surface area contributed by atoms with Gasteiger partial charge in [-0.05, 0) is 19.3 Å². The van der Waals surface area contributed by atoms with E-state index in [9.17, 15) is 30.3 Å². The third-order valence-corrected chi connectivity index (χ3v) is 9.11. The summed E-state index contributed by atoms with van der Waals surface area (Å²) < 4.78 is 11.1. The summed E-state index contributed by atoms with van der Waals surface area (Å²) in [6.45, 7) is 3.73. The van der Waals surface area contributed by atoms with E-state index < -0.39 is 49.5 Å². The van der Waals surface area contributed by atoms with Crippen LogP contribution in [0.15, 0.2) is 12.2 Å². The summed E-state index contributed by atoms with van der Waals surface area (Å²) in [5.41, 5.74) is 0. The highest BCUT2D eigenvalue weighted by Crippen LogP contribution is 2.22. The van der Waals surface area contributed by atoms with E-state index in [-0.39, 0.29) is 12.5 Å². The topological polar surface area (TPSA) is 149 Å². The smallest absolute Gasteiger partial charge is 0.220 e. The second-order valence-electron chi connectivity index (χ2n) is 13.4. The van der Waals surface area contributed by atoms with Crippen molar-refractivity contribution >= 4 is 5.91 Å². The Hall–Kier alpha value is -1.07. The lowest BCUT2D eigenvalue weighted by Crippen LogP contribution is -2.60. The molecular weight excluding hydrogens is 586 g/mol. The summed E-state index contributed by atoms with van der Waals surface area (Å²) in [5, 5.41) is 53.8. The number of hydrogen-bond donors (Lipinski definition) is 6. The number of carbonyl (C=O) groups is 1. The van der Waals surface area contributed by atoms with Crippen LogP contribution in [0.3, 0.4) is 0 Å². The van der Waals surface area contributed by atoms with Gasteiger partial charge in [-0.25, -0.2) is 0 Å². The first-order valence-electron chi connectivity index (χ1n) is 18.9. The zero-order chi connectivity index (χ0) is 33.8. The number of nitrogens with one attached hydrogen (secondary N) is 1. The normalized spacial score (nSPS) is 23.2. The van der Waals surface area contributed by atoms with Crippen LogP contribution in [0.5, 0.6) is 0 Å². The van der Waals surface area contributed by atoms with Crippen molar-refractivity contribution in [3.63, 3.8) is 0 Å². The number of unbranched alkanes of at least 4 members (excludes halogenated alkanes) is 20. The fraction of sp³-hybridized carbons (Fsp3) is 0.919. The summed E-state index contributed by atoms with van der Waals surface area (Å²) in [6, 6.07) is -0.795. The van der Waals surface area contributed by atoms with Crippen molar-refractivity contribution in [3.8, 4) is 0 Å². The molecule has 0 saturated carbocycles. The Morgan fingerprint density at radius 3 is 1.70 bits per heavy atom. The molecule has 1 heterocycles. The third kappa shape index (κ3) is 20.3. The molecule has 0 radical (unpaired) electrons. The second kappa shape index (κ2) is 28.9. The molecule has 9 heteroatoms. The number of rotatable bonds is 30. The number of hydrogen-bond acceptors (Lipinski definition) is 8. The van der Waals surface area contributed by atoms with E-state index in [4.69, 9.17) is 9.47 Å². The van der Waals surface area contributed by atoms with Gasteiger partial charge in [0.2, 0.25) is 5.91 Å². The van der Waals surface area contributed by atoms with Gasteiger partial charge in [-0.3, -0.25) is 4.79 Å². The minimum Gasteiger partial charge on any atom is -0.394 e. The molecule has 1 saturated heterocycles. The molecule has 1 aliphatic rings. The molecule has 0 unspecified atom stereocenters. The molecule has 7 atom stereocenters. The molecule has 1 rings (SSSR count). The molecule has 0 spiro atoms. The first-order valence-corrected chi connectivity index (χ1v) is 18.9. The van der Waals surface area contributed by atoms with Gasteiger partial charge in [-0.15, -0.1) is 0 Å². The average molecular weight is 658 g/mol. The van der Waals surface area contributed by atoms with E-state index in [1.165, 1.54) is 103 Å². The number of aliphatic hydroxyl groups excluding tert-OH is 5. The molecule has 0 aromatic carbocycles. The Morgan fingerprint density at radius 1 is 0.717 bits per heavy atom. The number of ether oxygens (including phenoxy) is 2. The summed E-state index contributed by atoms with van der Waals surface area (Å²) in [5.74, 6) is -0.180. The molecule has 1 aliphatic heterocycles. The summed E-state index contributed by atoms with van der Waals surface area (Å²) >= 11 is 0. The monoisotopic (exact) mass is 658 g/mol. The van der Waals surface area contributed by atoms with Gasteiger partial charge in [0.1, 0.15) is 24.4 Å². The first kappa shape index (κ1) is 43.0. The Balaban J connectivity index is 2.48. The molecule has 46 heavy (non-hydrogen) atoms. The summed E-state index contributed by atoms with van der Waals surface area (Å²) in [4.78, 5) is 12.8. The standard InChI is InChI=1S/C37H71NO8/c1-3-5-7-9-11-13-15-17-18-20-22-24-26-31(40)30(29-45-37-36(44)35(43)34(42)32(28-39)46-37)38-33(41)27-25-23-21-19-16-14-12-10-8-6-4-2/h24,26,30-32,34-37,39-40,42-44H,3-23,25,27-29H2,1-2H3,(H,38,41)/b26-24+/t30-,31+,32+,34-,35-,36+,37+/m0/s1. The highest BCUT2D eigenvalue weighted by atomic mass is 16.7. The lowest BCUT2D eigenvalue weighted by Gasteiger charge is -2.40.